The van der Waals surface area contributed by atoms with Crippen LogP contribution in [0.5, 0.6) is 5.75 Å². The highest BCUT2D eigenvalue weighted by Crippen LogP contribution is 2.16. The van der Waals surface area contributed by atoms with Gasteiger partial charge in [-0.3, -0.25) is 9.69 Å². The lowest BCUT2D eigenvalue weighted by atomic mass is 9.98. The summed E-state index contributed by atoms with van der Waals surface area (Å²) in [5.41, 5.74) is 0. The van der Waals surface area contributed by atoms with Crippen molar-refractivity contribution in [1.82, 2.24) is 9.80 Å². The summed E-state index contributed by atoms with van der Waals surface area (Å²) >= 11 is 5.82. The molecular formula is C17H25ClN2O3. The lowest BCUT2D eigenvalue weighted by Gasteiger charge is -2.31. The van der Waals surface area contributed by atoms with Crippen molar-refractivity contribution in [3.05, 3.63) is 29.3 Å². The van der Waals surface area contributed by atoms with Gasteiger partial charge in [0, 0.05) is 18.7 Å². The Balaban J connectivity index is 1.65. The van der Waals surface area contributed by atoms with Crippen LogP contribution in [0.3, 0.4) is 0 Å². The van der Waals surface area contributed by atoms with E-state index in [1.54, 1.807) is 24.1 Å². The van der Waals surface area contributed by atoms with E-state index in [0.717, 1.165) is 31.7 Å². The molecule has 23 heavy (non-hydrogen) atoms. The molecule has 1 saturated heterocycles. The van der Waals surface area contributed by atoms with Gasteiger partial charge in [0.25, 0.3) is 0 Å². The molecule has 1 aliphatic rings. The molecule has 1 aromatic rings. The lowest BCUT2D eigenvalue weighted by Crippen LogP contribution is -2.43. The standard InChI is InChI=1S/C17H25ClN2O3/c1-19(10-11-23-16-4-2-15(18)3-5-16)17(22)12-20-8-6-14(13-21)7-9-20/h2-5,14,21H,6-13H2,1H3. The highest BCUT2D eigenvalue weighted by Gasteiger charge is 2.21. The van der Waals surface area contributed by atoms with Crippen LogP contribution in [0.4, 0.5) is 0 Å². The Kier molecular flexibility index (Phi) is 7.15. The second-order valence-electron chi connectivity index (χ2n) is 6.02. The maximum Gasteiger partial charge on any atom is 0.236 e. The molecule has 0 aliphatic carbocycles. The van der Waals surface area contributed by atoms with Gasteiger partial charge in [0.15, 0.2) is 0 Å². The van der Waals surface area contributed by atoms with Crippen molar-refractivity contribution in [1.29, 1.82) is 0 Å². The average molecular weight is 341 g/mol. The maximum atomic E-state index is 12.2. The summed E-state index contributed by atoms with van der Waals surface area (Å²) in [7, 11) is 1.80. The minimum Gasteiger partial charge on any atom is -0.492 e. The van der Waals surface area contributed by atoms with Crippen LogP contribution in [-0.4, -0.2) is 67.3 Å². The van der Waals surface area contributed by atoms with Gasteiger partial charge in [0.1, 0.15) is 12.4 Å². The number of amides is 1. The van der Waals surface area contributed by atoms with Crippen LogP contribution in [0, 0.1) is 5.92 Å². The van der Waals surface area contributed by atoms with Crippen molar-refractivity contribution >= 4 is 17.5 Å². The molecule has 1 heterocycles. The van der Waals surface area contributed by atoms with Crippen LogP contribution in [-0.2, 0) is 4.79 Å². The van der Waals surface area contributed by atoms with Gasteiger partial charge in [-0.25, -0.2) is 0 Å². The minimum atomic E-state index is 0.104. The number of likely N-dealkylation sites (tertiary alicyclic amines) is 1. The molecule has 5 nitrogen and oxygen atoms in total. The molecule has 6 heteroatoms. The Morgan fingerprint density at radius 3 is 2.61 bits per heavy atom. The van der Waals surface area contributed by atoms with E-state index < -0.39 is 0 Å². The SMILES string of the molecule is CN(CCOc1ccc(Cl)cc1)C(=O)CN1CCC(CO)CC1. The van der Waals surface area contributed by atoms with E-state index in [0.29, 0.717) is 30.6 Å². The average Bonchev–Trinajstić information content (AvgIpc) is 2.57. The molecule has 0 unspecified atom stereocenters. The van der Waals surface area contributed by atoms with Crippen LogP contribution in [0.1, 0.15) is 12.8 Å². The Hall–Kier alpha value is -1.30. The second kappa shape index (κ2) is 9.11. The summed E-state index contributed by atoms with van der Waals surface area (Å²) < 4.78 is 5.61. The second-order valence-corrected chi connectivity index (χ2v) is 6.46. The van der Waals surface area contributed by atoms with Crippen molar-refractivity contribution < 1.29 is 14.6 Å². The van der Waals surface area contributed by atoms with Gasteiger partial charge in [-0.1, -0.05) is 11.6 Å². The third kappa shape index (κ3) is 6.01. The first-order chi connectivity index (χ1) is 11.1. The summed E-state index contributed by atoms with van der Waals surface area (Å²) in [6.45, 7) is 3.46. The highest BCUT2D eigenvalue weighted by molar-refractivity contribution is 6.30. The molecule has 0 radical (unpaired) electrons. The van der Waals surface area contributed by atoms with E-state index in [1.165, 1.54) is 0 Å². The number of hydrogen-bond donors (Lipinski definition) is 1. The molecular weight excluding hydrogens is 316 g/mol. The summed E-state index contributed by atoms with van der Waals surface area (Å²) in [4.78, 5) is 16.1. The number of likely N-dealkylation sites (N-methyl/N-ethyl adjacent to an activating group) is 1. The molecule has 0 spiro atoms. The smallest absolute Gasteiger partial charge is 0.236 e. The van der Waals surface area contributed by atoms with E-state index >= 15 is 0 Å². The molecule has 0 aromatic heterocycles. The van der Waals surface area contributed by atoms with Crippen LogP contribution < -0.4 is 4.74 Å². The number of aliphatic hydroxyl groups is 1. The van der Waals surface area contributed by atoms with Gasteiger partial charge in [-0.15, -0.1) is 0 Å². The van der Waals surface area contributed by atoms with E-state index in [-0.39, 0.29) is 12.5 Å². The molecule has 1 amide bonds. The van der Waals surface area contributed by atoms with Gasteiger partial charge < -0.3 is 14.7 Å². The van der Waals surface area contributed by atoms with E-state index in [4.69, 9.17) is 21.4 Å². The largest absolute Gasteiger partial charge is 0.492 e. The number of ether oxygens (including phenoxy) is 1. The maximum absolute atomic E-state index is 12.2. The van der Waals surface area contributed by atoms with Crippen LogP contribution >= 0.6 is 11.6 Å². The van der Waals surface area contributed by atoms with E-state index in [2.05, 4.69) is 4.90 Å². The Morgan fingerprint density at radius 2 is 2.00 bits per heavy atom. The van der Waals surface area contributed by atoms with Gasteiger partial charge >= 0.3 is 0 Å². The van der Waals surface area contributed by atoms with Gasteiger partial charge in [0.05, 0.1) is 13.1 Å². The molecule has 0 bridgehead atoms. The molecule has 1 aliphatic heterocycles. The minimum absolute atomic E-state index is 0.104. The number of hydrogen-bond acceptors (Lipinski definition) is 4. The molecule has 1 N–H and O–H groups in total. The van der Waals surface area contributed by atoms with Gasteiger partial charge in [-0.05, 0) is 56.1 Å². The number of halogens is 1. The summed E-state index contributed by atoms with van der Waals surface area (Å²) in [5, 5.41) is 9.81. The normalized spacial score (nSPS) is 16.3. The monoisotopic (exact) mass is 340 g/mol. The highest BCUT2D eigenvalue weighted by atomic mass is 35.5. The zero-order valence-electron chi connectivity index (χ0n) is 13.6. The third-order valence-electron chi connectivity index (χ3n) is 4.26. The molecule has 2 rings (SSSR count). The number of nitrogens with zero attached hydrogens (tertiary/aromatic N) is 2. The Labute approximate surface area is 142 Å². The predicted molar refractivity (Wildman–Crippen MR) is 90.8 cm³/mol. The first-order valence-corrected chi connectivity index (χ1v) is 8.42. The van der Waals surface area contributed by atoms with Crippen molar-refractivity contribution in [2.75, 3.05) is 46.4 Å². The number of benzene rings is 1. The molecule has 0 atom stereocenters. The topological polar surface area (TPSA) is 53.0 Å². The fraction of sp³-hybridized carbons (Fsp3) is 0.588. The lowest BCUT2D eigenvalue weighted by molar-refractivity contribution is -0.131. The number of aliphatic hydroxyl groups excluding tert-OH is 1. The zero-order valence-corrected chi connectivity index (χ0v) is 14.3. The molecule has 0 saturated carbocycles. The number of rotatable bonds is 7. The Bertz CT molecular complexity index is 487. The van der Waals surface area contributed by atoms with Crippen molar-refractivity contribution in [2.45, 2.75) is 12.8 Å². The van der Waals surface area contributed by atoms with Crippen LogP contribution in [0.15, 0.2) is 24.3 Å². The predicted octanol–water partition coefficient (Wildman–Crippen LogP) is 1.88. The first kappa shape index (κ1) is 18.0. The fourth-order valence-electron chi connectivity index (χ4n) is 2.60. The summed E-state index contributed by atoms with van der Waals surface area (Å²) in [6.07, 6.45) is 1.93. The zero-order chi connectivity index (χ0) is 16.7. The van der Waals surface area contributed by atoms with Crippen molar-refractivity contribution in [2.24, 2.45) is 5.92 Å². The van der Waals surface area contributed by atoms with Gasteiger partial charge in [-0.2, -0.15) is 0 Å². The molecule has 1 fully saturated rings. The first-order valence-electron chi connectivity index (χ1n) is 8.04. The summed E-state index contributed by atoms with van der Waals surface area (Å²) in [5.74, 6) is 1.25. The molecule has 128 valence electrons. The number of piperidine rings is 1. The van der Waals surface area contributed by atoms with Crippen LogP contribution in [0.25, 0.3) is 0 Å². The van der Waals surface area contributed by atoms with Crippen LogP contribution in [0.2, 0.25) is 5.02 Å². The Morgan fingerprint density at radius 1 is 1.35 bits per heavy atom. The quantitative estimate of drug-likeness (QED) is 0.823. The van der Waals surface area contributed by atoms with E-state index in [9.17, 15) is 4.79 Å². The number of carbonyl (C=O) groups is 1. The van der Waals surface area contributed by atoms with Crippen molar-refractivity contribution in [3.8, 4) is 5.75 Å². The van der Waals surface area contributed by atoms with E-state index in [1.807, 2.05) is 12.1 Å². The third-order valence-corrected chi connectivity index (χ3v) is 4.51. The fourth-order valence-corrected chi connectivity index (χ4v) is 2.72. The number of carbonyl (C=O) groups excluding carboxylic acids is 1. The molecule has 1 aromatic carbocycles. The van der Waals surface area contributed by atoms with Crippen molar-refractivity contribution in [3.63, 3.8) is 0 Å². The van der Waals surface area contributed by atoms with Gasteiger partial charge in [0.2, 0.25) is 5.91 Å². The summed E-state index contributed by atoms with van der Waals surface area (Å²) in [6, 6.07) is 7.19.